The second-order valence-corrected chi connectivity index (χ2v) is 23.2. The molecule has 1 aromatic heterocycles. The molecule has 6 nitrogen and oxygen atoms in total. The molecule has 0 radical (unpaired) electrons. The zero-order chi connectivity index (χ0) is 35.5. The lowest BCUT2D eigenvalue weighted by atomic mass is 10.2. The monoisotopic (exact) mass is 702 g/mol. The van der Waals surface area contributed by atoms with E-state index in [2.05, 4.69) is 161 Å². The van der Waals surface area contributed by atoms with E-state index in [0.717, 1.165) is 0 Å². The van der Waals surface area contributed by atoms with E-state index in [9.17, 15) is 0 Å². The maximum Gasteiger partial charge on any atom is 0.261 e. The van der Waals surface area contributed by atoms with Gasteiger partial charge in [0.25, 0.3) is 8.32 Å². The first-order valence-corrected chi connectivity index (χ1v) is 21.3. The van der Waals surface area contributed by atoms with Crippen LogP contribution < -0.4 is 32.2 Å². The van der Waals surface area contributed by atoms with Gasteiger partial charge in [0, 0.05) is 32.1 Å². The largest absolute Gasteiger partial charge is 0.406 e. The molecular formula is C39H55ClN4O2Si2. The van der Waals surface area contributed by atoms with Crippen LogP contribution in [0.4, 0.5) is 0 Å². The lowest BCUT2D eigenvalue weighted by molar-refractivity contribution is 0.306. The third-order valence-electron chi connectivity index (χ3n) is 7.76. The van der Waals surface area contributed by atoms with E-state index < -0.39 is 15.7 Å². The highest BCUT2D eigenvalue weighted by Crippen LogP contribution is 2.38. The molecule has 0 saturated carbocycles. The summed E-state index contributed by atoms with van der Waals surface area (Å²) >= 11 is 7.21. The van der Waals surface area contributed by atoms with E-state index >= 15 is 0 Å². The Morgan fingerprint density at radius 1 is 0.646 bits per heavy atom. The summed E-state index contributed by atoms with van der Waals surface area (Å²) in [7, 11) is -4.58. The molecule has 48 heavy (non-hydrogen) atoms. The van der Waals surface area contributed by atoms with Crippen LogP contribution in [0.25, 0.3) is 0 Å². The molecule has 0 fully saturated rings. The van der Waals surface area contributed by atoms with Gasteiger partial charge in [-0.3, -0.25) is 0 Å². The van der Waals surface area contributed by atoms with Crippen molar-refractivity contribution in [1.29, 1.82) is 0 Å². The van der Waals surface area contributed by atoms with Crippen LogP contribution in [0.15, 0.2) is 140 Å². The Kier molecular flexibility index (Phi) is 17.2. The fourth-order valence-electron chi connectivity index (χ4n) is 5.56. The van der Waals surface area contributed by atoms with Crippen LogP contribution in [-0.2, 0) is 4.43 Å². The Balaban J connectivity index is 0.000000267. The summed E-state index contributed by atoms with van der Waals surface area (Å²) in [6, 6.07) is 42.3. The number of nitrogens with zero attached hydrogens (tertiary/aromatic N) is 1. The minimum absolute atomic E-state index is 0.0326. The molecule has 1 heterocycles. The number of aliphatic hydroxyl groups excluding tert-OH is 1. The number of nitrogens with one attached hydrogen (secondary N) is 1. The zero-order valence-electron chi connectivity index (χ0n) is 29.4. The third kappa shape index (κ3) is 11.1. The second-order valence-electron chi connectivity index (χ2n) is 13.2. The molecule has 0 amide bonds. The van der Waals surface area contributed by atoms with Gasteiger partial charge >= 0.3 is 0 Å². The molecule has 5 rings (SSSR count). The number of rotatable bonds is 8. The van der Waals surface area contributed by atoms with E-state index in [4.69, 9.17) is 32.1 Å². The van der Waals surface area contributed by atoms with E-state index in [1.165, 1.54) is 20.7 Å². The average Bonchev–Trinajstić information content (AvgIpc) is 3.70. The first-order valence-electron chi connectivity index (χ1n) is 16.4. The van der Waals surface area contributed by atoms with Crippen molar-refractivity contribution in [2.45, 2.75) is 51.6 Å². The van der Waals surface area contributed by atoms with Crippen LogP contribution in [0.5, 0.6) is 0 Å². The number of imidazole rings is 1. The molecule has 5 aromatic rings. The Morgan fingerprint density at radius 3 is 1.25 bits per heavy atom. The summed E-state index contributed by atoms with van der Waals surface area (Å²) in [6.45, 7) is 15.2. The fourth-order valence-corrected chi connectivity index (χ4v) is 14.3. The summed E-state index contributed by atoms with van der Waals surface area (Å²) in [5.74, 6) is 0. The third-order valence-corrected chi connectivity index (χ3v) is 20.1. The molecule has 0 atom stereocenters. The van der Waals surface area contributed by atoms with Crippen LogP contribution in [-0.4, -0.2) is 57.1 Å². The van der Waals surface area contributed by atoms with Crippen molar-refractivity contribution in [3.8, 4) is 0 Å². The van der Waals surface area contributed by atoms with Crippen molar-refractivity contribution < 1.29 is 9.53 Å². The lowest BCUT2D eigenvalue weighted by Gasteiger charge is -2.43. The summed E-state index contributed by atoms with van der Waals surface area (Å²) < 4.78 is 6.53. The minimum atomic E-state index is -2.35. The van der Waals surface area contributed by atoms with Crippen LogP contribution >= 0.6 is 11.1 Å². The van der Waals surface area contributed by atoms with E-state index in [0.29, 0.717) is 19.7 Å². The average molecular weight is 704 g/mol. The van der Waals surface area contributed by atoms with Crippen molar-refractivity contribution in [2.75, 3.05) is 26.3 Å². The van der Waals surface area contributed by atoms with Gasteiger partial charge < -0.3 is 26.0 Å². The number of benzene rings is 4. The van der Waals surface area contributed by atoms with Crippen molar-refractivity contribution in [2.24, 2.45) is 11.5 Å². The molecule has 0 saturated heterocycles. The van der Waals surface area contributed by atoms with Crippen LogP contribution in [0.1, 0.15) is 41.5 Å². The predicted octanol–water partition coefficient (Wildman–Crippen LogP) is 5.65. The van der Waals surface area contributed by atoms with Gasteiger partial charge in [-0.25, -0.2) is 4.98 Å². The van der Waals surface area contributed by atoms with Crippen LogP contribution in [0.2, 0.25) is 10.1 Å². The summed E-state index contributed by atoms with van der Waals surface area (Å²) in [6.07, 6.45) is 5.08. The maximum atomic E-state index is 7.75. The maximum absolute atomic E-state index is 7.75. The number of hydrogen-bond acceptors (Lipinski definition) is 5. The molecule has 0 bridgehead atoms. The van der Waals surface area contributed by atoms with Crippen molar-refractivity contribution in [1.82, 2.24) is 9.97 Å². The zero-order valence-corrected chi connectivity index (χ0v) is 32.2. The van der Waals surface area contributed by atoms with Gasteiger partial charge in [-0.05, 0) is 30.8 Å². The van der Waals surface area contributed by atoms with E-state index in [1.54, 1.807) is 18.7 Å². The Morgan fingerprint density at radius 2 is 1.02 bits per heavy atom. The first-order chi connectivity index (χ1) is 22.9. The van der Waals surface area contributed by atoms with Gasteiger partial charge in [-0.1, -0.05) is 163 Å². The standard InChI is InChI=1S/C18H25NOSi.C16H19ClSi.C3H4N2.C2H7NO/c1-18(2,3)21(20-15-14-19,16-10-6-4-7-11-16)17-12-8-5-9-13-17;1-16(2,3)18(17,14-10-6-4-7-11-14)15-12-8-5-9-13-15;1-2-5-3-4-1;3-1-2-4/h4-13H,14-15,19H2,1-3H3;4-13H,1-3H3;1-3H,(H,4,5);4H,1-3H2. The SMILES string of the molecule is CC(C)(C)[Si](Cl)(c1ccccc1)c1ccccc1.CC(C)(C)[Si](OCCN)(c1ccccc1)c1ccccc1.NCCO.c1c[nH]cn1. The van der Waals surface area contributed by atoms with Gasteiger partial charge in [-0.2, -0.15) is 11.1 Å². The number of aromatic nitrogens is 2. The number of nitrogens with two attached hydrogens (primary N) is 2. The molecule has 0 aliphatic rings. The number of H-pyrrole nitrogens is 1. The molecule has 4 aromatic carbocycles. The fraction of sp³-hybridized carbons (Fsp3) is 0.308. The highest BCUT2D eigenvalue weighted by molar-refractivity contribution is 7.35. The van der Waals surface area contributed by atoms with E-state index in [-0.39, 0.29) is 16.7 Å². The summed E-state index contributed by atoms with van der Waals surface area (Å²) in [4.78, 5) is 6.42. The molecule has 0 unspecified atom stereocenters. The predicted molar refractivity (Wildman–Crippen MR) is 211 cm³/mol. The quantitative estimate of drug-likeness (QED) is 0.123. The summed E-state index contributed by atoms with van der Waals surface area (Å²) in [5, 5.41) is 13.0. The van der Waals surface area contributed by atoms with Crippen LogP contribution in [0, 0.1) is 0 Å². The number of aromatic amines is 1. The molecule has 6 N–H and O–H groups in total. The van der Waals surface area contributed by atoms with Crippen molar-refractivity contribution in [3.63, 3.8) is 0 Å². The molecule has 0 aliphatic carbocycles. The van der Waals surface area contributed by atoms with Gasteiger partial charge in [0.15, 0.2) is 0 Å². The Hall–Kier alpha value is -3.35. The van der Waals surface area contributed by atoms with E-state index in [1.807, 2.05) is 12.1 Å². The highest BCUT2D eigenvalue weighted by atomic mass is 35.6. The lowest BCUT2D eigenvalue weighted by Crippen LogP contribution is -2.66. The molecule has 0 aliphatic heterocycles. The van der Waals surface area contributed by atoms with Gasteiger partial charge in [0.05, 0.1) is 12.9 Å². The number of halogens is 1. The van der Waals surface area contributed by atoms with Crippen LogP contribution in [0.3, 0.4) is 0 Å². The topological polar surface area (TPSA) is 110 Å². The first kappa shape index (κ1) is 40.8. The van der Waals surface area contributed by atoms with Crippen molar-refractivity contribution in [3.05, 3.63) is 140 Å². The molecule has 0 spiro atoms. The normalized spacial score (nSPS) is 11.5. The number of hydrogen-bond donors (Lipinski definition) is 4. The van der Waals surface area contributed by atoms with Crippen molar-refractivity contribution >= 4 is 47.5 Å². The Bertz CT molecular complexity index is 1400. The smallest absolute Gasteiger partial charge is 0.261 e. The van der Waals surface area contributed by atoms with Gasteiger partial charge in [0.1, 0.15) is 0 Å². The Labute approximate surface area is 295 Å². The minimum Gasteiger partial charge on any atom is -0.406 e. The molecule has 9 heteroatoms. The van der Waals surface area contributed by atoms with Gasteiger partial charge in [0.2, 0.25) is 7.38 Å². The molecular weight excluding hydrogens is 648 g/mol. The molecule has 258 valence electrons. The second kappa shape index (κ2) is 20.2. The highest BCUT2D eigenvalue weighted by Gasteiger charge is 2.50. The summed E-state index contributed by atoms with van der Waals surface area (Å²) in [5.41, 5.74) is 10.5. The van der Waals surface area contributed by atoms with Gasteiger partial charge in [-0.15, -0.1) is 0 Å². The number of aliphatic hydroxyl groups is 1.